The Morgan fingerprint density at radius 1 is 0.829 bits per heavy atom. The van der Waals surface area contributed by atoms with Crippen LogP contribution < -0.4 is 10.1 Å². The van der Waals surface area contributed by atoms with Crippen LogP contribution in [0.2, 0.25) is 0 Å². The van der Waals surface area contributed by atoms with Gasteiger partial charge in [0.2, 0.25) is 5.91 Å². The van der Waals surface area contributed by atoms with E-state index in [0.29, 0.717) is 6.42 Å². The quantitative estimate of drug-likeness (QED) is 0.174. The molecule has 0 atom stereocenters. The van der Waals surface area contributed by atoms with Gasteiger partial charge in [-0.25, -0.2) is 0 Å². The standard InChI is InChI=1S/C31H52N2O2/c1-4-5-6-7-8-9-10-11-12-13-14-15-16-17-18-19-22-32-31(34)23-27-25-33-30-21-20-28(24-29(27)30)35-26(2)3/h20-21,24-26,33H,4-19,22-23H2,1-3H3,(H,32,34). The maximum Gasteiger partial charge on any atom is 0.224 e. The first-order valence-electron chi connectivity index (χ1n) is 14.6. The molecular formula is C31H52N2O2. The summed E-state index contributed by atoms with van der Waals surface area (Å²) in [5.41, 5.74) is 2.07. The van der Waals surface area contributed by atoms with Crippen LogP contribution in [-0.2, 0) is 11.2 Å². The minimum Gasteiger partial charge on any atom is -0.491 e. The molecule has 0 fully saturated rings. The van der Waals surface area contributed by atoms with E-state index in [2.05, 4.69) is 17.2 Å². The lowest BCUT2D eigenvalue weighted by atomic mass is 10.0. The number of aromatic nitrogens is 1. The van der Waals surface area contributed by atoms with E-state index >= 15 is 0 Å². The molecule has 0 unspecified atom stereocenters. The lowest BCUT2D eigenvalue weighted by molar-refractivity contribution is -0.120. The number of carbonyl (C=O) groups excluding carboxylic acids is 1. The molecule has 0 aliphatic heterocycles. The summed E-state index contributed by atoms with van der Waals surface area (Å²) in [6, 6.07) is 6.02. The second kappa shape index (κ2) is 18.3. The average Bonchev–Trinajstić information content (AvgIpc) is 3.22. The predicted molar refractivity (Wildman–Crippen MR) is 150 cm³/mol. The fourth-order valence-electron chi connectivity index (χ4n) is 4.79. The largest absolute Gasteiger partial charge is 0.491 e. The second-order valence-corrected chi connectivity index (χ2v) is 10.5. The predicted octanol–water partition coefficient (Wildman–Crippen LogP) is 8.88. The van der Waals surface area contributed by atoms with Gasteiger partial charge >= 0.3 is 0 Å². The van der Waals surface area contributed by atoms with Crippen LogP contribution in [0.3, 0.4) is 0 Å². The number of benzene rings is 1. The molecule has 2 rings (SSSR count). The third-order valence-electron chi connectivity index (χ3n) is 6.81. The van der Waals surface area contributed by atoms with Crippen molar-refractivity contribution < 1.29 is 9.53 Å². The van der Waals surface area contributed by atoms with Crippen molar-refractivity contribution in [1.29, 1.82) is 0 Å². The van der Waals surface area contributed by atoms with Gasteiger partial charge in [-0.3, -0.25) is 4.79 Å². The summed E-state index contributed by atoms with van der Waals surface area (Å²) in [7, 11) is 0. The zero-order valence-electron chi connectivity index (χ0n) is 22.9. The summed E-state index contributed by atoms with van der Waals surface area (Å²) < 4.78 is 5.80. The van der Waals surface area contributed by atoms with Crippen molar-refractivity contribution >= 4 is 16.8 Å². The van der Waals surface area contributed by atoms with Crippen molar-refractivity contribution in [2.45, 2.75) is 136 Å². The Hall–Kier alpha value is -1.97. The summed E-state index contributed by atoms with van der Waals surface area (Å²) in [4.78, 5) is 15.7. The molecule has 2 aromatic rings. The summed E-state index contributed by atoms with van der Waals surface area (Å²) in [6.45, 7) is 7.11. The van der Waals surface area contributed by atoms with Crippen molar-refractivity contribution in [2.24, 2.45) is 0 Å². The normalized spacial score (nSPS) is 11.4. The third-order valence-corrected chi connectivity index (χ3v) is 6.81. The minimum absolute atomic E-state index is 0.0991. The molecule has 0 saturated heterocycles. The summed E-state index contributed by atoms with van der Waals surface area (Å²) >= 11 is 0. The molecule has 0 radical (unpaired) electrons. The van der Waals surface area contributed by atoms with E-state index in [9.17, 15) is 4.79 Å². The molecule has 1 aromatic heterocycles. The molecule has 198 valence electrons. The van der Waals surface area contributed by atoms with Gasteiger partial charge in [0.05, 0.1) is 12.5 Å². The number of unbranched alkanes of at least 4 members (excludes halogenated alkanes) is 15. The van der Waals surface area contributed by atoms with Gasteiger partial charge in [0, 0.05) is 23.6 Å². The monoisotopic (exact) mass is 484 g/mol. The van der Waals surface area contributed by atoms with Gasteiger partial charge in [0.25, 0.3) is 0 Å². The van der Waals surface area contributed by atoms with Gasteiger partial charge in [-0.1, -0.05) is 103 Å². The van der Waals surface area contributed by atoms with Crippen LogP contribution in [0.1, 0.15) is 129 Å². The fraction of sp³-hybridized carbons (Fsp3) is 0.710. The Morgan fingerprint density at radius 3 is 1.91 bits per heavy atom. The topological polar surface area (TPSA) is 54.1 Å². The minimum atomic E-state index is 0.0991. The van der Waals surface area contributed by atoms with Crippen LogP contribution in [0.25, 0.3) is 10.9 Å². The SMILES string of the molecule is CCCCCCCCCCCCCCCCCCNC(=O)Cc1c[nH]c2ccc(OC(C)C)cc12. The second-order valence-electron chi connectivity index (χ2n) is 10.5. The van der Waals surface area contributed by atoms with Gasteiger partial charge in [-0.05, 0) is 44.0 Å². The lowest BCUT2D eigenvalue weighted by Crippen LogP contribution is -2.26. The Labute approximate surface area is 215 Å². The van der Waals surface area contributed by atoms with Crippen LogP contribution >= 0.6 is 0 Å². The number of hydrogen-bond acceptors (Lipinski definition) is 2. The van der Waals surface area contributed by atoms with Crippen LogP contribution in [0.15, 0.2) is 24.4 Å². The Balaban J connectivity index is 1.43. The third kappa shape index (κ3) is 13.1. The molecular weight excluding hydrogens is 432 g/mol. The number of aromatic amines is 1. The molecule has 0 bridgehead atoms. The van der Waals surface area contributed by atoms with Crippen molar-refractivity contribution in [3.05, 3.63) is 30.0 Å². The zero-order chi connectivity index (χ0) is 25.1. The molecule has 0 saturated carbocycles. The van der Waals surface area contributed by atoms with Crippen molar-refractivity contribution in [1.82, 2.24) is 10.3 Å². The smallest absolute Gasteiger partial charge is 0.224 e. The fourth-order valence-corrected chi connectivity index (χ4v) is 4.79. The number of hydrogen-bond donors (Lipinski definition) is 2. The highest BCUT2D eigenvalue weighted by Crippen LogP contribution is 2.25. The van der Waals surface area contributed by atoms with E-state index in [-0.39, 0.29) is 12.0 Å². The van der Waals surface area contributed by atoms with E-state index in [0.717, 1.165) is 35.2 Å². The van der Waals surface area contributed by atoms with Crippen LogP contribution in [0.4, 0.5) is 0 Å². The van der Waals surface area contributed by atoms with Crippen molar-refractivity contribution in [2.75, 3.05) is 6.54 Å². The Kier molecular flexibility index (Phi) is 15.3. The summed E-state index contributed by atoms with van der Waals surface area (Å²) in [5.74, 6) is 0.948. The molecule has 35 heavy (non-hydrogen) atoms. The maximum atomic E-state index is 12.4. The van der Waals surface area contributed by atoms with Gasteiger partial charge in [0.1, 0.15) is 5.75 Å². The van der Waals surface area contributed by atoms with Crippen LogP contribution in [0, 0.1) is 0 Å². The number of H-pyrrole nitrogens is 1. The molecule has 2 N–H and O–H groups in total. The molecule has 1 heterocycles. The number of ether oxygens (including phenoxy) is 1. The Bertz CT molecular complexity index is 811. The number of rotatable bonds is 21. The first kappa shape index (κ1) is 29.3. The lowest BCUT2D eigenvalue weighted by Gasteiger charge is -2.10. The average molecular weight is 485 g/mol. The number of nitrogens with one attached hydrogen (secondary N) is 2. The van der Waals surface area contributed by atoms with E-state index in [4.69, 9.17) is 4.74 Å². The van der Waals surface area contributed by atoms with Gasteiger partial charge in [0.15, 0.2) is 0 Å². The number of fused-ring (bicyclic) bond motifs is 1. The molecule has 0 aliphatic carbocycles. The van der Waals surface area contributed by atoms with Gasteiger partial charge in [-0.15, -0.1) is 0 Å². The molecule has 4 nitrogen and oxygen atoms in total. The highest BCUT2D eigenvalue weighted by Gasteiger charge is 2.10. The van der Waals surface area contributed by atoms with E-state index in [1.54, 1.807) is 0 Å². The number of amides is 1. The maximum absolute atomic E-state index is 12.4. The highest BCUT2D eigenvalue weighted by molar-refractivity contribution is 5.89. The first-order chi connectivity index (χ1) is 17.1. The van der Waals surface area contributed by atoms with E-state index in [1.807, 2.05) is 38.2 Å². The molecule has 1 aromatic carbocycles. The summed E-state index contributed by atoms with van der Waals surface area (Å²) in [6.07, 6.45) is 24.4. The molecule has 0 aliphatic rings. The zero-order valence-corrected chi connectivity index (χ0v) is 22.9. The van der Waals surface area contributed by atoms with Crippen molar-refractivity contribution in [3.63, 3.8) is 0 Å². The van der Waals surface area contributed by atoms with Crippen LogP contribution in [-0.4, -0.2) is 23.5 Å². The molecule has 4 heteroatoms. The molecule has 0 spiro atoms. The van der Waals surface area contributed by atoms with Gasteiger partial charge in [-0.2, -0.15) is 0 Å². The summed E-state index contributed by atoms with van der Waals surface area (Å²) in [5, 5.41) is 4.17. The van der Waals surface area contributed by atoms with Gasteiger partial charge < -0.3 is 15.0 Å². The van der Waals surface area contributed by atoms with Crippen molar-refractivity contribution in [3.8, 4) is 5.75 Å². The molecule has 1 amide bonds. The highest BCUT2D eigenvalue weighted by atomic mass is 16.5. The number of carbonyl (C=O) groups is 1. The van der Waals surface area contributed by atoms with E-state index in [1.165, 1.54) is 96.3 Å². The van der Waals surface area contributed by atoms with E-state index < -0.39 is 0 Å². The first-order valence-corrected chi connectivity index (χ1v) is 14.6. The van der Waals surface area contributed by atoms with Crippen LogP contribution in [0.5, 0.6) is 5.75 Å². The Morgan fingerprint density at radius 2 is 1.37 bits per heavy atom.